The summed E-state index contributed by atoms with van der Waals surface area (Å²) in [4.78, 5) is 16.8. The number of methoxy groups -OCH3 is 2. The monoisotopic (exact) mass is 507 g/mol. The molecule has 0 aliphatic heterocycles. The maximum Gasteiger partial charge on any atom is 0.333 e. The van der Waals surface area contributed by atoms with Crippen molar-refractivity contribution in [2.75, 3.05) is 27.4 Å². The summed E-state index contributed by atoms with van der Waals surface area (Å²) in [6.45, 7) is 3.75. The number of carbonyl (C=O) groups is 1. The highest BCUT2D eigenvalue weighted by atomic mass is 32.1. The number of benzene rings is 2. The minimum atomic E-state index is -1.20. The Morgan fingerprint density at radius 3 is 2.26 bits per heavy atom. The second-order valence-electron chi connectivity index (χ2n) is 7.60. The molecule has 0 aliphatic carbocycles. The van der Waals surface area contributed by atoms with Gasteiger partial charge in [-0.05, 0) is 43.7 Å². The third-order valence-corrected chi connectivity index (χ3v) is 6.26. The number of thiazole rings is 1. The Kier molecular flexibility index (Phi) is 9.00. The van der Waals surface area contributed by atoms with Gasteiger partial charge in [-0.2, -0.15) is 0 Å². The molecule has 0 aliphatic rings. The Hall–Kier alpha value is -3.24. The summed E-state index contributed by atoms with van der Waals surface area (Å²) >= 11 is 1.49. The van der Waals surface area contributed by atoms with Crippen molar-refractivity contribution in [3.05, 3.63) is 58.1 Å². The van der Waals surface area contributed by atoms with E-state index in [0.717, 1.165) is 33.3 Å². The summed E-state index contributed by atoms with van der Waals surface area (Å²) in [6, 6.07) is 7.61. The average molecular weight is 508 g/mol. The topological polar surface area (TPSA) is 87.1 Å². The number of hydrogen-bond acceptors (Lipinski definition) is 7. The molecule has 10 heteroatoms. The highest BCUT2D eigenvalue weighted by molar-refractivity contribution is 7.15. The van der Waals surface area contributed by atoms with Crippen molar-refractivity contribution in [3.8, 4) is 27.8 Å². The van der Waals surface area contributed by atoms with E-state index in [1.165, 1.54) is 11.3 Å². The first-order valence-corrected chi connectivity index (χ1v) is 11.7. The minimum Gasteiger partial charge on any atom is -0.497 e. The zero-order valence-corrected chi connectivity index (χ0v) is 20.7. The van der Waals surface area contributed by atoms with Crippen LogP contribution in [0.5, 0.6) is 17.2 Å². The maximum atomic E-state index is 14.5. The predicted molar refractivity (Wildman–Crippen MR) is 128 cm³/mol. The summed E-state index contributed by atoms with van der Waals surface area (Å²) in [5.74, 6) is -2.23. The van der Waals surface area contributed by atoms with Crippen molar-refractivity contribution in [1.29, 1.82) is 0 Å². The molecule has 1 aromatic heterocycles. The minimum absolute atomic E-state index is 0.00925. The maximum absolute atomic E-state index is 14.5. The van der Waals surface area contributed by atoms with E-state index < -0.39 is 29.5 Å². The van der Waals surface area contributed by atoms with E-state index >= 15 is 0 Å². The highest BCUT2D eigenvalue weighted by Gasteiger charge is 2.21. The molecule has 0 bridgehead atoms. The van der Waals surface area contributed by atoms with Crippen molar-refractivity contribution in [2.24, 2.45) is 0 Å². The number of ether oxygens (including phenoxy) is 4. The molecular formula is C25H27F2NO6S. The fourth-order valence-electron chi connectivity index (χ4n) is 3.47. The van der Waals surface area contributed by atoms with E-state index in [9.17, 15) is 18.7 Å². The molecule has 1 N–H and O–H groups in total. The first kappa shape index (κ1) is 26.4. The van der Waals surface area contributed by atoms with Crippen molar-refractivity contribution >= 4 is 17.3 Å². The van der Waals surface area contributed by atoms with Gasteiger partial charge in [-0.25, -0.2) is 18.6 Å². The van der Waals surface area contributed by atoms with E-state index in [1.807, 2.05) is 19.1 Å². The van der Waals surface area contributed by atoms with Gasteiger partial charge in [0.25, 0.3) is 0 Å². The Morgan fingerprint density at radius 1 is 1.09 bits per heavy atom. The Labute approximate surface area is 206 Å². The molecule has 0 fully saturated rings. The fourth-order valence-corrected chi connectivity index (χ4v) is 4.41. The average Bonchev–Trinajstić information content (AvgIpc) is 3.20. The molecule has 0 radical (unpaired) electrons. The zero-order valence-electron chi connectivity index (χ0n) is 19.9. The van der Waals surface area contributed by atoms with Gasteiger partial charge in [0.1, 0.15) is 16.5 Å². The molecule has 0 saturated carbocycles. The van der Waals surface area contributed by atoms with Crippen LogP contribution in [0.4, 0.5) is 8.78 Å². The summed E-state index contributed by atoms with van der Waals surface area (Å²) in [5.41, 5.74) is 1.76. The van der Waals surface area contributed by atoms with Crippen LogP contribution < -0.4 is 14.2 Å². The van der Waals surface area contributed by atoms with Gasteiger partial charge in [0.05, 0.1) is 26.5 Å². The van der Waals surface area contributed by atoms with Gasteiger partial charge in [0.15, 0.2) is 23.5 Å². The van der Waals surface area contributed by atoms with Crippen molar-refractivity contribution < 1.29 is 37.6 Å². The number of rotatable bonds is 12. The second-order valence-corrected chi connectivity index (χ2v) is 8.80. The SMILES string of the molecule is CCOC(Cc1cc(F)c(OCCc2nc(-c3cc(OC)cc(OC)c3)sc2C)c(F)c1)C(=O)O. The van der Waals surface area contributed by atoms with E-state index in [2.05, 4.69) is 4.98 Å². The molecule has 35 heavy (non-hydrogen) atoms. The molecule has 0 saturated heterocycles. The number of nitrogens with zero attached hydrogens (tertiary/aromatic N) is 1. The van der Waals surface area contributed by atoms with Crippen LogP contribution in [0, 0.1) is 18.6 Å². The lowest BCUT2D eigenvalue weighted by atomic mass is 10.1. The van der Waals surface area contributed by atoms with E-state index in [0.29, 0.717) is 17.9 Å². The van der Waals surface area contributed by atoms with Gasteiger partial charge < -0.3 is 24.1 Å². The van der Waals surface area contributed by atoms with Gasteiger partial charge in [-0.1, -0.05) is 0 Å². The molecule has 1 unspecified atom stereocenters. The Balaban J connectivity index is 1.69. The summed E-state index contributed by atoms with van der Waals surface area (Å²) in [5, 5.41) is 9.94. The number of aryl methyl sites for hydroxylation is 1. The number of carboxylic acid groups (broad SMARTS) is 1. The van der Waals surface area contributed by atoms with E-state index in [4.69, 9.17) is 18.9 Å². The van der Waals surface area contributed by atoms with E-state index in [1.54, 1.807) is 27.2 Å². The molecule has 0 amide bonds. The van der Waals surface area contributed by atoms with Crippen LogP contribution in [0.1, 0.15) is 23.1 Å². The molecule has 0 spiro atoms. The number of aliphatic carboxylic acids is 1. The molecular weight excluding hydrogens is 480 g/mol. The van der Waals surface area contributed by atoms with Gasteiger partial charge in [0.2, 0.25) is 0 Å². The molecule has 3 rings (SSSR count). The smallest absolute Gasteiger partial charge is 0.333 e. The van der Waals surface area contributed by atoms with Gasteiger partial charge >= 0.3 is 5.97 Å². The lowest BCUT2D eigenvalue weighted by Gasteiger charge is -2.14. The van der Waals surface area contributed by atoms with Crippen LogP contribution in [-0.2, 0) is 22.4 Å². The van der Waals surface area contributed by atoms with Crippen molar-refractivity contribution in [1.82, 2.24) is 4.98 Å². The fraction of sp³-hybridized carbons (Fsp3) is 0.360. The Morgan fingerprint density at radius 2 is 1.71 bits per heavy atom. The lowest BCUT2D eigenvalue weighted by Crippen LogP contribution is -2.26. The van der Waals surface area contributed by atoms with Crippen LogP contribution in [0.25, 0.3) is 10.6 Å². The van der Waals surface area contributed by atoms with Crippen LogP contribution in [0.15, 0.2) is 30.3 Å². The standard InChI is InChI=1S/C25H27F2NO6S/c1-5-33-22(25(29)30)10-15-8-19(26)23(20(27)9-15)34-7-6-21-14(2)35-24(28-21)16-11-17(31-3)13-18(12-16)32-4/h8-9,11-13,22H,5-7,10H2,1-4H3,(H,29,30). The number of aromatic nitrogens is 1. The number of halogens is 2. The second kappa shape index (κ2) is 11.9. The van der Waals surface area contributed by atoms with Crippen LogP contribution in [0.3, 0.4) is 0 Å². The molecule has 1 atom stereocenters. The van der Waals surface area contributed by atoms with Crippen molar-refractivity contribution in [2.45, 2.75) is 32.8 Å². The predicted octanol–water partition coefficient (Wildman–Crippen LogP) is 5.07. The van der Waals surface area contributed by atoms with Crippen LogP contribution in [-0.4, -0.2) is 49.6 Å². The number of hydrogen-bond donors (Lipinski definition) is 1. The van der Waals surface area contributed by atoms with Gasteiger partial charge in [-0.15, -0.1) is 11.3 Å². The van der Waals surface area contributed by atoms with Gasteiger partial charge in [-0.3, -0.25) is 0 Å². The molecule has 2 aromatic carbocycles. The Bertz CT molecular complexity index is 1140. The summed E-state index contributed by atoms with van der Waals surface area (Å²) < 4.78 is 50.2. The van der Waals surface area contributed by atoms with Crippen LogP contribution in [0.2, 0.25) is 0 Å². The largest absolute Gasteiger partial charge is 0.497 e. The lowest BCUT2D eigenvalue weighted by molar-refractivity contribution is -0.149. The first-order chi connectivity index (χ1) is 16.7. The van der Waals surface area contributed by atoms with Gasteiger partial charge in [0, 0.05) is 36.0 Å². The van der Waals surface area contributed by atoms with Crippen LogP contribution >= 0.6 is 11.3 Å². The zero-order chi connectivity index (χ0) is 25.5. The molecule has 188 valence electrons. The molecule has 1 heterocycles. The third kappa shape index (κ3) is 6.67. The molecule has 3 aromatic rings. The summed E-state index contributed by atoms with van der Waals surface area (Å²) in [6.07, 6.45) is -1.00. The summed E-state index contributed by atoms with van der Waals surface area (Å²) in [7, 11) is 3.14. The normalized spacial score (nSPS) is 11.8. The third-order valence-electron chi connectivity index (χ3n) is 5.20. The quantitative estimate of drug-likeness (QED) is 0.366. The number of carboxylic acids is 1. The first-order valence-electron chi connectivity index (χ1n) is 10.9. The van der Waals surface area contributed by atoms with E-state index in [-0.39, 0.29) is 25.2 Å². The van der Waals surface area contributed by atoms with Crippen molar-refractivity contribution in [3.63, 3.8) is 0 Å². The highest BCUT2D eigenvalue weighted by Crippen LogP contribution is 2.34. The molecule has 7 nitrogen and oxygen atoms in total.